The lowest BCUT2D eigenvalue weighted by Crippen LogP contribution is -2.43. The molecule has 122 valence electrons. The molecular weight excluding hydrogens is 308 g/mol. The first-order valence-electron chi connectivity index (χ1n) is 8.21. The molecule has 0 bridgehead atoms. The fourth-order valence-corrected chi connectivity index (χ4v) is 4.91. The highest BCUT2D eigenvalue weighted by atomic mass is 32.1. The summed E-state index contributed by atoms with van der Waals surface area (Å²) in [5.74, 6) is 0.530. The lowest BCUT2D eigenvalue weighted by atomic mass is 9.88. The number of aryl methyl sites for hydroxylation is 1. The molecule has 1 saturated heterocycles. The van der Waals surface area contributed by atoms with Crippen LogP contribution in [-0.2, 0) is 18.3 Å². The van der Waals surface area contributed by atoms with Crippen LogP contribution in [0.2, 0.25) is 0 Å². The number of fused-ring (bicyclic) bond motifs is 1. The Bertz CT molecular complexity index is 722. The summed E-state index contributed by atoms with van der Waals surface area (Å²) in [6.07, 6.45) is 4.92. The lowest BCUT2D eigenvalue weighted by molar-refractivity contribution is -0.138. The van der Waals surface area contributed by atoms with Crippen molar-refractivity contribution in [2.45, 2.75) is 25.3 Å². The van der Waals surface area contributed by atoms with Crippen molar-refractivity contribution in [3.05, 3.63) is 39.8 Å². The largest absolute Gasteiger partial charge is 0.335 e. The van der Waals surface area contributed by atoms with E-state index in [2.05, 4.69) is 33.7 Å². The lowest BCUT2D eigenvalue weighted by Gasteiger charge is -2.36. The van der Waals surface area contributed by atoms with E-state index in [0.29, 0.717) is 0 Å². The molecule has 0 radical (unpaired) electrons. The molecule has 1 amide bonds. The molecule has 6 heteroatoms. The van der Waals surface area contributed by atoms with Crippen LogP contribution in [0.15, 0.2) is 23.8 Å². The van der Waals surface area contributed by atoms with Gasteiger partial charge in [0.25, 0.3) is 0 Å². The Morgan fingerprint density at radius 1 is 1.43 bits per heavy atom. The first kappa shape index (κ1) is 14.9. The van der Waals surface area contributed by atoms with E-state index in [4.69, 9.17) is 0 Å². The van der Waals surface area contributed by atoms with Crippen molar-refractivity contribution in [3.8, 4) is 0 Å². The Morgan fingerprint density at radius 2 is 2.30 bits per heavy atom. The normalized spacial score (nSPS) is 27.2. The third-order valence-electron chi connectivity index (χ3n) is 5.24. The Morgan fingerprint density at radius 3 is 3.09 bits per heavy atom. The molecule has 2 aromatic heterocycles. The number of nitrogens with zero attached hydrogens (tertiary/aromatic N) is 3. The van der Waals surface area contributed by atoms with Gasteiger partial charge < -0.3 is 10.2 Å². The van der Waals surface area contributed by atoms with Gasteiger partial charge in [-0.25, -0.2) is 0 Å². The van der Waals surface area contributed by atoms with Gasteiger partial charge in [0.15, 0.2) is 0 Å². The molecule has 4 heterocycles. The number of rotatable bonds is 2. The van der Waals surface area contributed by atoms with Crippen molar-refractivity contribution in [2.24, 2.45) is 13.0 Å². The molecule has 2 aromatic rings. The van der Waals surface area contributed by atoms with Gasteiger partial charge in [0, 0.05) is 43.7 Å². The SMILES string of the molecule is CC1c2ccsc2CCN1C(=O)[C@H]1CNC[C@@H]1c1cnn(C)c1. The average molecular weight is 330 g/mol. The molecule has 1 fully saturated rings. The highest BCUT2D eigenvalue weighted by Crippen LogP contribution is 2.36. The van der Waals surface area contributed by atoms with Crippen molar-refractivity contribution in [3.63, 3.8) is 0 Å². The van der Waals surface area contributed by atoms with E-state index >= 15 is 0 Å². The summed E-state index contributed by atoms with van der Waals surface area (Å²) in [5.41, 5.74) is 2.50. The van der Waals surface area contributed by atoms with Gasteiger partial charge in [-0.1, -0.05) is 0 Å². The number of thiophene rings is 1. The Hall–Kier alpha value is -1.66. The summed E-state index contributed by atoms with van der Waals surface area (Å²) in [6, 6.07) is 2.36. The fraction of sp³-hybridized carbons (Fsp3) is 0.529. The van der Waals surface area contributed by atoms with Crippen LogP contribution in [0.25, 0.3) is 0 Å². The van der Waals surface area contributed by atoms with Crippen LogP contribution >= 0.6 is 11.3 Å². The van der Waals surface area contributed by atoms with E-state index in [-0.39, 0.29) is 23.8 Å². The van der Waals surface area contributed by atoms with E-state index in [1.807, 2.05) is 35.5 Å². The standard InChI is InChI=1S/C17H22N4OS/c1-11-13-4-6-23-16(13)3-5-21(11)17(22)15-9-18-8-14(15)12-7-19-20(2)10-12/h4,6-7,10-11,14-15,18H,3,5,8-9H2,1-2H3/t11?,14-,15+/m1/s1. The van der Waals surface area contributed by atoms with Gasteiger partial charge in [0.1, 0.15) is 0 Å². The van der Waals surface area contributed by atoms with Crippen molar-refractivity contribution in [2.75, 3.05) is 19.6 Å². The molecular formula is C17H22N4OS. The second kappa shape index (κ2) is 5.76. The molecule has 1 unspecified atom stereocenters. The first-order chi connectivity index (χ1) is 11.1. The van der Waals surface area contributed by atoms with Gasteiger partial charge in [-0.2, -0.15) is 5.10 Å². The van der Waals surface area contributed by atoms with Crippen LogP contribution in [0, 0.1) is 5.92 Å². The van der Waals surface area contributed by atoms with Crippen molar-refractivity contribution < 1.29 is 4.79 Å². The van der Waals surface area contributed by atoms with Crippen LogP contribution in [0.4, 0.5) is 0 Å². The van der Waals surface area contributed by atoms with Crippen LogP contribution in [-0.4, -0.2) is 40.2 Å². The first-order valence-corrected chi connectivity index (χ1v) is 9.09. The number of nitrogens with one attached hydrogen (secondary N) is 1. The van der Waals surface area contributed by atoms with Gasteiger partial charge in [-0.3, -0.25) is 9.48 Å². The highest BCUT2D eigenvalue weighted by molar-refractivity contribution is 7.10. The van der Waals surface area contributed by atoms with Gasteiger partial charge in [-0.05, 0) is 35.9 Å². The fourth-order valence-electron chi connectivity index (χ4n) is 3.94. The average Bonchev–Trinajstić information content (AvgIpc) is 3.26. The monoisotopic (exact) mass is 330 g/mol. The number of hydrogen-bond donors (Lipinski definition) is 1. The quantitative estimate of drug-likeness (QED) is 0.915. The molecule has 5 nitrogen and oxygen atoms in total. The minimum absolute atomic E-state index is 0.0156. The zero-order chi connectivity index (χ0) is 16.0. The second-order valence-corrected chi connectivity index (χ2v) is 7.58. The van der Waals surface area contributed by atoms with E-state index in [9.17, 15) is 4.79 Å². The van der Waals surface area contributed by atoms with E-state index in [0.717, 1.165) is 31.6 Å². The predicted molar refractivity (Wildman–Crippen MR) is 90.5 cm³/mol. The summed E-state index contributed by atoms with van der Waals surface area (Å²) in [7, 11) is 1.92. The van der Waals surface area contributed by atoms with Gasteiger partial charge in [0.05, 0.1) is 18.2 Å². The molecule has 3 atom stereocenters. The minimum atomic E-state index is 0.0156. The van der Waals surface area contributed by atoms with E-state index in [1.165, 1.54) is 10.4 Å². The zero-order valence-electron chi connectivity index (χ0n) is 13.5. The Labute approximate surface area is 140 Å². The number of amides is 1. The molecule has 0 saturated carbocycles. The maximum atomic E-state index is 13.2. The molecule has 0 spiro atoms. The van der Waals surface area contributed by atoms with Crippen LogP contribution < -0.4 is 5.32 Å². The molecule has 23 heavy (non-hydrogen) atoms. The Kier molecular flexibility index (Phi) is 3.73. The van der Waals surface area contributed by atoms with Crippen molar-refractivity contribution >= 4 is 17.2 Å². The summed E-state index contributed by atoms with van der Waals surface area (Å²) >= 11 is 1.81. The number of carbonyl (C=O) groups is 1. The van der Waals surface area contributed by atoms with Crippen LogP contribution in [0.5, 0.6) is 0 Å². The molecule has 2 aliphatic heterocycles. The molecule has 1 N–H and O–H groups in total. The maximum absolute atomic E-state index is 13.2. The molecule has 4 rings (SSSR count). The second-order valence-electron chi connectivity index (χ2n) is 6.58. The molecule has 0 aromatic carbocycles. The number of hydrogen-bond acceptors (Lipinski definition) is 4. The van der Waals surface area contributed by atoms with Gasteiger partial charge >= 0.3 is 0 Å². The Balaban J connectivity index is 1.57. The molecule has 0 aliphatic carbocycles. The topological polar surface area (TPSA) is 50.2 Å². The van der Waals surface area contributed by atoms with E-state index < -0.39 is 0 Å². The van der Waals surface area contributed by atoms with Crippen LogP contribution in [0.3, 0.4) is 0 Å². The van der Waals surface area contributed by atoms with Gasteiger partial charge in [-0.15, -0.1) is 11.3 Å². The van der Waals surface area contributed by atoms with E-state index in [1.54, 1.807) is 0 Å². The number of aromatic nitrogens is 2. The summed E-state index contributed by atoms with van der Waals surface area (Å²) < 4.78 is 1.82. The molecule has 2 aliphatic rings. The smallest absolute Gasteiger partial charge is 0.228 e. The summed E-state index contributed by atoms with van der Waals surface area (Å²) in [5, 5.41) is 9.81. The number of carbonyl (C=O) groups excluding carboxylic acids is 1. The predicted octanol–water partition coefficient (Wildman–Crippen LogP) is 1.93. The summed E-state index contributed by atoms with van der Waals surface area (Å²) in [4.78, 5) is 16.7. The van der Waals surface area contributed by atoms with Crippen molar-refractivity contribution in [1.82, 2.24) is 20.0 Å². The third-order valence-corrected chi connectivity index (χ3v) is 6.24. The van der Waals surface area contributed by atoms with Crippen molar-refractivity contribution in [1.29, 1.82) is 0 Å². The maximum Gasteiger partial charge on any atom is 0.228 e. The zero-order valence-corrected chi connectivity index (χ0v) is 14.3. The van der Waals surface area contributed by atoms with Gasteiger partial charge in [0.2, 0.25) is 5.91 Å². The third kappa shape index (κ3) is 2.50. The highest BCUT2D eigenvalue weighted by Gasteiger charge is 2.39. The summed E-state index contributed by atoms with van der Waals surface area (Å²) in [6.45, 7) is 4.61. The van der Waals surface area contributed by atoms with Crippen LogP contribution in [0.1, 0.15) is 34.9 Å². The minimum Gasteiger partial charge on any atom is -0.335 e.